The first-order chi connectivity index (χ1) is 12.8. The van der Waals surface area contributed by atoms with E-state index in [1.165, 1.54) is 19.1 Å². The van der Waals surface area contributed by atoms with E-state index in [4.69, 9.17) is 9.84 Å². The average molecular weight is 370 g/mol. The zero-order valence-electron chi connectivity index (χ0n) is 15.4. The van der Waals surface area contributed by atoms with Crippen LogP contribution in [0.3, 0.4) is 0 Å². The Morgan fingerprint density at radius 3 is 2.37 bits per heavy atom. The highest BCUT2D eigenvalue weighted by molar-refractivity contribution is 5.97. The Morgan fingerprint density at radius 1 is 1.07 bits per heavy atom. The number of hydrogen-bond donors (Lipinski definition) is 3. The van der Waals surface area contributed by atoms with Crippen LogP contribution in [0.5, 0.6) is 5.75 Å². The van der Waals surface area contributed by atoms with Crippen molar-refractivity contribution in [3.05, 3.63) is 59.2 Å². The maximum absolute atomic E-state index is 12.0. The van der Waals surface area contributed by atoms with E-state index in [2.05, 4.69) is 10.6 Å². The third-order valence-corrected chi connectivity index (χ3v) is 3.85. The van der Waals surface area contributed by atoms with Gasteiger partial charge < -0.3 is 20.5 Å². The third kappa shape index (κ3) is 5.85. The molecule has 0 bridgehead atoms. The zero-order chi connectivity index (χ0) is 20.0. The average Bonchev–Trinajstić information content (AvgIpc) is 2.62. The Hall–Kier alpha value is -3.35. The summed E-state index contributed by atoms with van der Waals surface area (Å²) in [7, 11) is 0. The number of carboxylic acid groups (broad SMARTS) is 1. The second kappa shape index (κ2) is 8.84. The lowest BCUT2D eigenvalue weighted by Gasteiger charge is -2.11. The molecule has 0 saturated carbocycles. The molecule has 0 aliphatic heterocycles. The number of benzene rings is 2. The van der Waals surface area contributed by atoms with Crippen molar-refractivity contribution >= 4 is 23.5 Å². The molecule has 0 aliphatic rings. The van der Waals surface area contributed by atoms with Crippen molar-refractivity contribution in [1.29, 1.82) is 0 Å². The minimum Gasteiger partial charge on any atom is -0.483 e. The molecule has 0 fully saturated rings. The van der Waals surface area contributed by atoms with E-state index in [0.29, 0.717) is 17.0 Å². The molecule has 0 saturated heterocycles. The van der Waals surface area contributed by atoms with Crippen LogP contribution in [0.25, 0.3) is 0 Å². The van der Waals surface area contributed by atoms with E-state index in [0.717, 1.165) is 11.1 Å². The molecule has 2 amide bonds. The second-order valence-electron chi connectivity index (χ2n) is 6.22. The fourth-order valence-electron chi connectivity index (χ4n) is 2.25. The molecule has 0 spiro atoms. The van der Waals surface area contributed by atoms with Gasteiger partial charge in [-0.05, 0) is 62.2 Å². The monoisotopic (exact) mass is 370 g/mol. The fourth-order valence-corrected chi connectivity index (χ4v) is 2.25. The molecule has 27 heavy (non-hydrogen) atoms. The fraction of sp³-hybridized carbons (Fsp3) is 0.250. The number of carbonyl (C=O) groups excluding carboxylic acids is 2. The zero-order valence-corrected chi connectivity index (χ0v) is 15.4. The number of nitrogens with one attached hydrogen (secondary N) is 2. The van der Waals surface area contributed by atoms with Crippen LogP contribution in [0.15, 0.2) is 42.5 Å². The number of carbonyl (C=O) groups is 3. The van der Waals surface area contributed by atoms with E-state index < -0.39 is 17.9 Å². The lowest BCUT2D eigenvalue weighted by Crippen LogP contribution is -2.38. The van der Waals surface area contributed by atoms with Crippen LogP contribution < -0.4 is 15.4 Å². The van der Waals surface area contributed by atoms with Crippen LogP contribution in [0.1, 0.15) is 28.4 Å². The SMILES string of the molecule is Cc1ccc(C)c(OCC(=O)Nc2ccc(C(=O)NC(C)C(=O)O)cc2)c1. The summed E-state index contributed by atoms with van der Waals surface area (Å²) in [6, 6.07) is 10.9. The number of anilines is 1. The van der Waals surface area contributed by atoms with E-state index in [9.17, 15) is 14.4 Å². The molecule has 0 radical (unpaired) electrons. The lowest BCUT2D eigenvalue weighted by atomic mass is 10.1. The highest BCUT2D eigenvalue weighted by Crippen LogP contribution is 2.19. The number of amides is 2. The molecule has 3 N–H and O–H groups in total. The molecule has 142 valence electrons. The van der Waals surface area contributed by atoms with Gasteiger partial charge in [0.2, 0.25) is 0 Å². The summed E-state index contributed by atoms with van der Waals surface area (Å²) in [5, 5.41) is 13.9. The summed E-state index contributed by atoms with van der Waals surface area (Å²) in [6.07, 6.45) is 0. The van der Waals surface area contributed by atoms with Gasteiger partial charge in [-0.15, -0.1) is 0 Å². The third-order valence-electron chi connectivity index (χ3n) is 3.85. The minimum atomic E-state index is -1.11. The van der Waals surface area contributed by atoms with Gasteiger partial charge in [-0.3, -0.25) is 14.4 Å². The van der Waals surface area contributed by atoms with Gasteiger partial charge in [-0.2, -0.15) is 0 Å². The van der Waals surface area contributed by atoms with Crippen LogP contribution in [0.2, 0.25) is 0 Å². The number of rotatable bonds is 7. The molecule has 0 aliphatic carbocycles. The molecule has 1 atom stereocenters. The van der Waals surface area contributed by atoms with Crippen LogP contribution in [0.4, 0.5) is 5.69 Å². The summed E-state index contributed by atoms with van der Waals surface area (Å²) in [4.78, 5) is 34.7. The van der Waals surface area contributed by atoms with Crippen molar-refractivity contribution in [3.8, 4) is 5.75 Å². The molecular formula is C20H22N2O5. The smallest absolute Gasteiger partial charge is 0.325 e. The van der Waals surface area contributed by atoms with E-state index in [-0.39, 0.29) is 12.5 Å². The van der Waals surface area contributed by atoms with E-state index in [1.54, 1.807) is 12.1 Å². The number of ether oxygens (including phenoxy) is 1. The number of aryl methyl sites for hydroxylation is 2. The molecule has 0 aromatic heterocycles. The Balaban J connectivity index is 1.90. The Morgan fingerprint density at radius 2 is 1.74 bits per heavy atom. The standard InChI is InChI=1S/C20H22N2O5/c1-12-4-5-13(2)17(10-12)27-11-18(23)22-16-8-6-15(7-9-16)19(24)21-14(3)20(25)26/h4-10,14H,11H2,1-3H3,(H,21,24)(H,22,23)(H,25,26). The maximum Gasteiger partial charge on any atom is 0.325 e. The van der Waals surface area contributed by atoms with Crippen LogP contribution >= 0.6 is 0 Å². The Kier molecular flexibility index (Phi) is 6.54. The molecule has 7 heteroatoms. The van der Waals surface area contributed by atoms with Gasteiger partial charge in [-0.1, -0.05) is 12.1 Å². The quantitative estimate of drug-likeness (QED) is 0.695. The molecule has 2 rings (SSSR count). The molecule has 2 aromatic rings. The van der Waals surface area contributed by atoms with Gasteiger partial charge in [0.25, 0.3) is 11.8 Å². The molecule has 0 heterocycles. The summed E-state index contributed by atoms with van der Waals surface area (Å²) < 4.78 is 5.55. The number of hydrogen-bond acceptors (Lipinski definition) is 4. The highest BCUT2D eigenvalue weighted by atomic mass is 16.5. The predicted octanol–water partition coefficient (Wildman–Crippen LogP) is 2.52. The summed E-state index contributed by atoms with van der Waals surface area (Å²) in [5.74, 6) is -1.28. The van der Waals surface area contributed by atoms with Gasteiger partial charge in [0, 0.05) is 11.3 Å². The van der Waals surface area contributed by atoms with Crippen molar-refractivity contribution in [2.75, 3.05) is 11.9 Å². The first-order valence-corrected chi connectivity index (χ1v) is 8.40. The van der Waals surface area contributed by atoms with Crippen molar-refractivity contribution in [3.63, 3.8) is 0 Å². The van der Waals surface area contributed by atoms with Crippen molar-refractivity contribution in [1.82, 2.24) is 5.32 Å². The molecule has 2 aromatic carbocycles. The van der Waals surface area contributed by atoms with Crippen LogP contribution in [-0.4, -0.2) is 35.5 Å². The normalized spacial score (nSPS) is 11.4. The van der Waals surface area contributed by atoms with Crippen molar-refractivity contribution < 1.29 is 24.2 Å². The lowest BCUT2D eigenvalue weighted by molar-refractivity contribution is -0.138. The van der Waals surface area contributed by atoms with Crippen molar-refractivity contribution in [2.45, 2.75) is 26.8 Å². The minimum absolute atomic E-state index is 0.136. The largest absolute Gasteiger partial charge is 0.483 e. The van der Waals surface area contributed by atoms with Gasteiger partial charge in [0.1, 0.15) is 11.8 Å². The summed E-state index contributed by atoms with van der Waals surface area (Å²) in [5.41, 5.74) is 2.79. The van der Waals surface area contributed by atoms with Gasteiger partial charge in [0.15, 0.2) is 6.61 Å². The first kappa shape index (κ1) is 20.0. The maximum atomic E-state index is 12.0. The molecule has 7 nitrogen and oxygen atoms in total. The second-order valence-corrected chi connectivity index (χ2v) is 6.22. The van der Waals surface area contributed by atoms with Crippen LogP contribution in [-0.2, 0) is 9.59 Å². The number of aliphatic carboxylic acids is 1. The molecular weight excluding hydrogens is 348 g/mol. The van der Waals surface area contributed by atoms with Gasteiger partial charge >= 0.3 is 5.97 Å². The summed E-state index contributed by atoms with van der Waals surface area (Å²) in [6.45, 7) is 5.09. The topological polar surface area (TPSA) is 105 Å². The van der Waals surface area contributed by atoms with Crippen molar-refractivity contribution in [2.24, 2.45) is 0 Å². The number of carboxylic acids is 1. The van der Waals surface area contributed by atoms with Crippen LogP contribution in [0, 0.1) is 13.8 Å². The molecule has 1 unspecified atom stereocenters. The first-order valence-electron chi connectivity index (χ1n) is 8.40. The van der Waals surface area contributed by atoms with E-state index >= 15 is 0 Å². The Bertz CT molecular complexity index is 846. The summed E-state index contributed by atoms with van der Waals surface area (Å²) >= 11 is 0. The van der Waals surface area contributed by atoms with Gasteiger partial charge in [-0.25, -0.2) is 0 Å². The highest BCUT2D eigenvalue weighted by Gasteiger charge is 2.15. The Labute approximate surface area is 157 Å². The van der Waals surface area contributed by atoms with E-state index in [1.807, 2.05) is 32.0 Å². The predicted molar refractivity (Wildman–Crippen MR) is 101 cm³/mol. The van der Waals surface area contributed by atoms with Gasteiger partial charge in [0.05, 0.1) is 0 Å².